The van der Waals surface area contributed by atoms with Crippen molar-refractivity contribution in [1.82, 2.24) is 10.2 Å². The maximum atomic E-state index is 10.2. The van der Waals surface area contributed by atoms with E-state index in [4.69, 9.17) is 0 Å². The molecule has 0 amide bonds. The van der Waals surface area contributed by atoms with Crippen LogP contribution in [-0.4, -0.2) is 27.1 Å². The average molecular weight is 393 g/mol. The van der Waals surface area contributed by atoms with Crippen molar-refractivity contribution in [1.29, 1.82) is 0 Å². The van der Waals surface area contributed by atoms with E-state index in [1.165, 1.54) is 6.07 Å². The van der Waals surface area contributed by atoms with Crippen LogP contribution in [-0.2, 0) is 28.0 Å². The van der Waals surface area contributed by atoms with Crippen molar-refractivity contribution in [3.63, 3.8) is 0 Å². The van der Waals surface area contributed by atoms with Crippen LogP contribution in [0.2, 0.25) is 0 Å². The minimum absolute atomic E-state index is 0. The van der Waals surface area contributed by atoms with Gasteiger partial charge in [0.25, 0.3) is 5.69 Å². The maximum absolute atomic E-state index is 10.2. The number of carboxylic acid groups (broad SMARTS) is 2. The van der Waals surface area contributed by atoms with E-state index in [-0.39, 0.29) is 45.0 Å². The molecule has 1 aromatic carbocycles. The van der Waals surface area contributed by atoms with Crippen LogP contribution in [0, 0.1) is 17.0 Å². The molecule has 135 valence electrons. The molecule has 0 aliphatic carbocycles. The second-order valence-corrected chi connectivity index (χ2v) is 3.82. The number of non-ortho nitro benzene ring substituents is 1. The number of aryl methyl sites for hydroxylation is 1. The Kier molecular flexibility index (Phi) is 12.8. The molecular formula is C12H15CuN3O8+2. The van der Waals surface area contributed by atoms with E-state index in [1.54, 1.807) is 6.92 Å². The molecule has 0 saturated heterocycles. The summed E-state index contributed by atoms with van der Waals surface area (Å²) in [4.78, 5) is 29.7. The van der Waals surface area contributed by atoms with E-state index >= 15 is 0 Å². The molecule has 1 radical (unpaired) electrons. The Balaban J connectivity index is -0.000000336. The number of nitro benzene ring substituents is 1. The van der Waals surface area contributed by atoms with E-state index in [2.05, 4.69) is 10.2 Å². The van der Waals surface area contributed by atoms with Crippen molar-refractivity contribution in [3.05, 3.63) is 57.4 Å². The summed E-state index contributed by atoms with van der Waals surface area (Å²) >= 11 is 0. The van der Waals surface area contributed by atoms with Crippen LogP contribution >= 0.6 is 0 Å². The molecule has 1 aromatic heterocycles. The van der Waals surface area contributed by atoms with E-state index in [0.29, 0.717) is 5.69 Å². The number of nitrogens with one attached hydrogen (secondary N) is 1. The van der Waals surface area contributed by atoms with Gasteiger partial charge in [-0.05, 0) is 30.7 Å². The predicted molar refractivity (Wildman–Crippen MR) is 74.8 cm³/mol. The smallest absolute Gasteiger partial charge is 0.545 e. The fourth-order valence-corrected chi connectivity index (χ4v) is 1.24. The molecular weight excluding hydrogens is 378 g/mol. The molecule has 0 bridgehead atoms. The second kappa shape index (κ2) is 11.7. The fourth-order valence-electron chi connectivity index (χ4n) is 1.24. The molecule has 0 spiro atoms. The van der Waals surface area contributed by atoms with Gasteiger partial charge in [-0.3, -0.25) is 15.2 Å². The Bertz CT molecular complexity index is 638. The topological polar surface area (TPSA) is 218 Å². The number of rotatable bonds is 3. The van der Waals surface area contributed by atoms with Gasteiger partial charge in [0, 0.05) is 17.8 Å². The molecule has 1 heterocycles. The number of carbonyl (C=O) groups is 2. The zero-order chi connectivity index (χ0) is 16.0. The standard InChI is InChI=1S/C7H5NO4.C5H6N2O2.Cu.2H2O/c9-7(10)5-1-3-6(4-2-5)8(11)12;1-3-2-4(5(8)9)7-6-3;;;/h1-4H,(H,9,10);2H,1H3,(H,6,7)(H,8,9);;2*1H2/q;;+2;;. The number of aromatic amines is 1. The normalized spacial score (nSPS) is 8.21. The first-order valence-corrected chi connectivity index (χ1v) is 5.50. The molecule has 7 N–H and O–H groups in total. The quantitative estimate of drug-likeness (QED) is 0.249. The second-order valence-electron chi connectivity index (χ2n) is 3.82. The van der Waals surface area contributed by atoms with Gasteiger partial charge in [0.05, 0.1) is 16.9 Å². The van der Waals surface area contributed by atoms with Crippen LogP contribution in [0.1, 0.15) is 26.5 Å². The van der Waals surface area contributed by atoms with Gasteiger partial charge in [-0.15, -0.1) is 0 Å². The van der Waals surface area contributed by atoms with Crippen LogP contribution in [0.4, 0.5) is 5.69 Å². The monoisotopic (exact) mass is 392 g/mol. The number of benzene rings is 1. The molecule has 0 saturated carbocycles. The summed E-state index contributed by atoms with van der Waals surface area (Å²) in [5, 5.41) is 36.3. The fraction of sp³-hybridized carbons (Fsp3) is 0.0833. The third-order valence-electron chi connectivity index (χ3n) is 2.23. The van der Waals surface area contributed by atoms with Crippen molar-refractivity contribution in [2.24, 2.45) is 0 Å². The molecule has 12 heteroatoms. The van der Waals surface area contributed by atoms with Crippen molar-refractivity contribution < 1.29 is 52.7 Å². The van der Waals surface area contributed by atoms with E-state index in [9.17, 15) is 29.9 Å². The van der Waals surface area contributed by atoms with Gasteiger partial charge in [0.1, 0.15) is 5.69 Å². The minimum atomic E-state index is -1.34. The Labute approximate surface area is 145 Å². The molecule has 0 fully saturated rings. The Morgan fingerprint density at radius 2 is 1.58 bits per heavy atom. The average Bonchev–Trinajstić information content (AvgIpc) is 2.86. The van der Waals surface area contributed by atoms with Crippen LogP contribution in [0.15, 0.2) is 30.3 Å². The van der Waals surface area contributed by atoms with Crippen LogP contribution in [0.3, 0.4) is 0 Å². The molecule has 11 nitrogen and oxygen atoms in total. The van der Waals surface area contributed by atoms with Gasteiger partial charge < -0.3 is 30.8 Å². The van der Waals surface area contributed by atoms with E-state index < -0.39 is 16.9 Å². The first-order chi connectivity index (χ1) is 9.81. The molecule has 2 rings (SSSR count). The summed E-state index contributed by atoms with van der Waals surface area (Å²) in [7, 11) is 0. The van der Waals surface area contributed by atoms with Crippen LogP contribution < -0.4 is 10.2 Å². The first-order valence-electron chi connectivity index (χ1n) is 5.50. The van der Waals surface area contributed by atoms with Gasteiger partial charge >= 0.3 is 17.1 Å². The zero-order valence-corrected chi connectivity index (χ0v) is 13.1. The van der Waals surface area contributed by atoms with E-state index in [1.807, 2.05) is 0 Å². The number of hydrogen-bond acceptors (Lipinski definition) is 7. The number of carboxylic acids is 2. The summed E-state index contributed by atoms with van der Waals surface area (Å²) in [6, 6.07) is 5.91. The van der Waals surface area contributed by atoms with Crippen LogP contribution in [0.25, 0.3) is 0 Å². The molecule has 0 aliphatic heterocycles. The van der Waals surface area contributed by atoms with Gasteiger partial charge in [0.2, 0.25) is 0 Å². The third kappa shape index (κ3) is 8.00. The SMILES string of the molecule is Cc1cc(C(=O)[O-])n[nH]1.O=C([O-])c1ccc([N+](=O)[O-])cc1.[Cu+2].[OH3+].[OH3+]. The molecule has 0 aliphatic rings. The summed E-state index contributed by atoms with van der Waals surface area (Å²) in [6.45, 7) is 1.72. The summed E-state index contributed by atoms with van der Waals surface area (Å²) in [5.41, 5.74) is 0.460. The maximum Gasteiger partial charge on any atom is 2.00 e. The molecule has 2 aromatic rings. The number of carbonyl (C=O) groups excluding carboxylic acids is 2. The number of nitro groups is 1. The Morgan fingerprint density at radius 1 is 1.08 bits per heavy atom. The van der Waals surface area contributed by atoms with Gasteiger partial charge in [-0.25, -0.2) is 0 Å². The third-order valence-corrected chi connectivity index (χ3v) is 2.23. The first kappa shape index (κ1) is 26.1. The number of aromatic nitrogens is 2. The number of H-pyrrole nitrogens is 1. The van der Waals surface area contributed by atoms with E-state index in [0.717, 1.165) is 24.3 Å². The summed E-state index contributed by atoms with van der Waals surface area (Å²) < 4.78 is 0. The van der Waals surface area contributed by atoms with Crippen molar-refractivity contribution >= 4 is 17.6 Å². The number of aromatic carboxylic acids is 2. The summed E-state index contributed by atoms with van der Waals surface area (Å²) in [5.74, 6) is -2.59. The largest absolute Gasteiger partial charge is 2.00 e. The molecule has 0 atom stereocenters. The minimum Gasteiger partial charge on any atom is -0.545 e. The Hall–Kier alpha value is -2.79. The van der Waals surface area contributed by atoms with Gasteiger partial charge in [-0.1, -0.05) is 0 Å². The summed E-state index contributed by atoms with van der Waals surface area (Å²) in [6.07, 6.45) is 0. The van der Waals surface area contributed by atoms with Crippen molar-refractivity contribution in [2.45, 2.75) is 6.92 Å². The number of nitrogens with zero attached hydrogens (tertiary/aromatic N) is 2. The molecule has 0 unspecified atom stereocenters. The zero-order valence-electron chi connectivity index (χ0n) is 12.2. The van der Waals surface area contributed by atoms with Gasteiger partial charge in [0.15, 0.2) is 0 Å². The number of hydrogen-bond donors (Lipinski definition) is 1. The van der Waals surface area contributed by atoms with Crippen LogP contribution in [0.5, 0.6) is 0 Å². The molecule has 24 heavy (non-hydrogen) atoms. The predicted octanol–water partition coefficient (Wildman–Crippen LogP) is -2.81. The Morgan fingerprint density at radius 3 is 1.83 bits per heavy atom. The van der Waals surface area contributed by atoms with Crippen molar-refractivity contribution in [2.75, 3.05) is 0 Å². The van der Waals surface area contributed by atoms with Gasteiger partial charge in [-0.2, -0.15) is 5.10 Å². The van der Waals surface area contributed by atoms with Crippen molar-refractivity contribution in [3.8, 4) is 0 Å².